The Morgan fingerprint density at radius 2 is 0.857 bits per heavy atom. The summed E-state index contributed by atoms with van der Waals surface area (Å²) < 4.78 is 29.5. The van der Waals surface area contributed by atoms with E-state index in [0.29, 0.717) is 0 Å². The van der Waals surface area contributed by atoms with Crippen molar-refractivity contribution in [3.05, 3.63) is 0 Å². The maximum absolute atomic E-state index is 7.38. The second-order valence-electron chi connectivity index (χ2n) is 0.600. The van der Waals surface area contributed by atoms with Crippen molar-refractivity contribution >= 4 is 45.5 Å². The van der Waals surface area contributed by atoms with Crippen LogP contribution in [-0.4, -0.2) is 60.2 Å². The Bertz CT molecular complexity index is 27.2. The average Bonchev–Trinajstić information content (AvgIpc) is 0.722. The van der Waals surface area contributed by atoms with Gasteiger partial charge in [-0.05, 0) is 0 Å². The third-order valence-electron chi connectivity index (χ3n) is 0. The molecule has 0 aliphatic carbocycles. The van der Waals surface area contributed by atoms with E-state index in [0.717, 1.165) is 0 Å². The average molecular weight is 298 g/mol. The van der Waals surface area contributed by atoms with Gasteiger partial charge in [-0.15, -0.1) is 0 Å². The van der Waals surface area contributed by atoms with E-state index in [9.17, 15) is 0 Å². The fraction of sp³-hybridized carbons (Fsp3) is 0. The SMILES string of the molecule is [Nb].[OH][Ti]([OH])([OH])[OH].[SrH2]. The molecule has 4 nitrogen and oxygen atoms in total. The second-order valence-corrected chi connectivity index (χ2v) is 2.47. The summed E-state index contributed by atoms with van der Waals surface area (Å²) in [7, 11) is 0. The molecule has 7 heteroatoms. The molecule has 0 saturated heterocycles. The minimum absolute atomic E-state index is 0. The summed E-state index contributed by atoms with van der Waals surface area (Å²) in [6.45, 7) is 0. The first-order chi connectivity index (χ1) is 2.00. The maximum atomic E-state index is 7.38. The van der Waals surface area contributed by atoms with Crippen LogP contribution in [0.4, 0.5) is 0 Å². The predicted molar refractivity (Wildman–Crippen MR) is 17.4 cm³/mol. The fourth-order valence-electron chi connectivity index (χ4n) is 0. The van der Waals surface area contributed by atoms with E-state index in [2.05, 4.69) is 0 Å². The molecule has 0 heterocycles. The van der Waals surface area contributed by atoms with E-state index in [-0.39, 0.29) is 67.9 Å². The normalized spacial score (nSPS) is 8.57. The van der Waals surface area contributed by atoms with Crippen LogP contribution < -0.4 is 0 Å². The molecule has 0 aromatic rings. The van der Waals surface area contributed by atoms with Crippen molar-refractivity contribution in [2.45, 2.75) is 0 Å². The molecule has 0 fully saturated rings. The Morgan fingerprint density at radius 1 is 0.857 bits per heavy atom. The van der Waals surface area contributed by atoms with Gasteiger partial charge in [-0.1, -0.05) is 0 Å². The molecule has 4 N–H and O–H groups in total. The van der Waals surface area contributed by atoms with E-state index in [1.54, 1.807) is 0 Å². The van der Waals surface area contributed by atoms with Crippen molar-refractivity contribution in [1.29, 1.82) is 0 Å². The summed E-state index contributed by atoms with van der Waals surface area (Å²) in [5, 5.41) is 0. The number of hydrogen-bond donors (Lipinski definition) is 4. The first-order valence-electron chi connectivity index (χ1n) is 0.894. The zero-order chi connectivity index (χ0) is 4.50. The van der Waals surface area contributed by atoms with Crippen LogP contribution >= 0.6 is 0 Å². The van der Waals surface area contributed by atoms with Crippen molar-refractivity contribution < 1.29 is 55.3 Å². The second kappa shape index (κ2) is 6.89. The van der Waals surface area contributed by atoms with Gasteiger partial charge in [0.1, 0.15) is 0 Å². The molecule has 0 rings (SSSR count). The predicted octanol–water partition coefficient (Wildman–Crippen LogP) is -3.15. The van der Waals surface area contributed by atoms with Crippen molar-refractivity contribution in [3.63, 3.8) is 0 Å². The Balaban J connectivity index is -0.0000000800. The van der Waals surface area contributed by atoms with Crippen molar-refractivity contribution in [3.8, 4) is 0 Å². The molecule has 41 valence electrons. The summed E-state index contributed by atoms with van der Waals surface area (Å²) in [6.07, 6.45) is 0. The first kappa shape index (κ1) is 16.4. The molecule has 0 aliphatic heterocycles. The van der Waals surface area contributed by atoms with E-state index >= 15 is 0 Å². The number of hydrogen-bond acceptors (Lipinski definition) is 4. The fourth-order valence-corrected chi connectivity index (χ4v) is 0. The van der Waals surface area contributed by atoms with Crippen molar-refractivity contribution in [2.24, 2.45) is 0 Å². The standard InChI is InChI=1S/Nb.4H2O.Sr.Ti.2H/h;4*1H2;;;;/q;;;;;;+4;;/p-4. The molecule has 0 aliphatic rings. The minimum atomic E-state index is -5.00. The molecule has 1 radical (unpaired) electrons. The molecule has 0 saturated carbocycles. The van der Waals surface area contributed by atoms with Gasteiger partial charge in [0.15, 0.2) is 0 Å². The summed E-state index contributed by atoms with van der Waals surface area (Å²) >= 11 is -5.00. The van der Waals surface area contributed by atoms with Crippen LogP contribution in [0.25, 0.3) is 0 Å². The van der Waals surface area contributed by atoms with Crippen LogP contribution in [-0.2, 0) is 40.5 Å². The van der Waals surface area contributed by atoms with Gasteiger partial charge in [0.2, 0.25) is 0 Å². The van der Waals surface area contributed by atoms with E-state index in [1.807, 2.05) is 0 Å². The monoisotopic (exact) mass is 299 g/mol. The van der Waals surface area contributed by atoms with Gasteiger partial charge in [0.05, 0.1) is 0 Å². The summed E-state index contributed by atoms with van der Waals surface area (Å²) in [5.74, 6) is 0. The van der Waals surface area contributed by atoms with E-state index < -0.39 is 18.1 Å². The molecule has 0 amide bonds. The summed E-state index contributed by atoms with van der Waals surface area (Å²) in [5.41, 5.74) is 0. The van der Waals surface area contributed by atoms with E-state index in [1.165, 1.54) is 0 Å². The van der Waals surface area contributed by atoms with Gasteiger partial charge in [0.25, 0.3) is 0 Å². The van der Waals surface area contributed by atoms with Crippen LogP contribution in [0.2, 0.25) is 0 Å². The van der Waals surface area contributed by atoms with Crippen LogP contribution in [0, 0.1) is 0 Å². The zero-order valence-corrected chi connectivity index (χ0v) is 6.50. The topological polar surface area (TPSA) is 80.9 Å². The molecule has 7 heavy (non-hydrogen) atoms. The Labute approximate surface area is 98.6 Å². The molecule has 0 aromatic heterocycles. The zero-order valence-electron chi connectivity index (χ0n) is 2.74. The van der Waals surface area contributed by atoms with Gasteiger partial charge in [-0.2, -0.15) is 0 Å². The first-order valence-corrected chi connectivity index (χ1v) is 3.69. The molecule has 0 spiro atoms. The van der Waals surface area contributed by atoms with Crippen LogP contribution in [0.1, 0.15) is 0 Å². The van der Waals surface area contributed by atoms with Crippen LogP contribution in [0.3, 0.4) is 0 Å². The molecule has 0 atom stereocenters. The van der Waals surface area contributed by atoms with Gasteiger partial charge in [-0.25, -0.2) is 0 Å². The molecular weight excluding hydrogens is 292 g/mol. The molecule has 0 bridgehead atoms. The van der Waals surface area contributed by atoms with Crippen LogP contribution in [0.5, 0.6) is 0 Å². The Hall–Kier alpha value is 2.78. The van der Waals surface area contributed by atoms with Gasteiger partial charge in [-0.3, -0.25) is 0 Å². The molecule has 0 aromatic carbocycles. The van der Waals surface area contributed by atoms with Gasteiger partial charge in [0, 0.05) is 22.4 Å². The van der Waals surface area contributed by atoms with Crippen molar-refractivity contribution in [2.75, 3.05) is 0 Å². The third-order valence-corrected chi connectivity index (χ3v) is 0. The van der Waals surface area contributed by atoms with Gasteiger partial charge >= 0.3 is 78.4 Å². The molecule has 0 unspecified atom stereocenters. The van der Waals surface area contributed by atoms with Crippen LogP contribution in [0.15, 0.2) is 0 Å². The number of rotatable bonds is 0. The quantitative estimate of drug-likeness (QED) is 0.356. The van der Waals surface area contributed by atoms with E-state index in [4.69, 9.17) is 14.8 Å². The molecular formula is H6NbO4SrTi. The van der Waals surface area contributed by atoms with Gasteiger partial charge < -0.3 is 0 Å². The van der Waals surface area contributed by atoms with Crippen molar-refractivity contribution in [1.82, 2.24) is 0 Å². The summed E-state index contributed by atoms with van der Waals surface area (Å²) in [6, 6.07) is 0. The Kier molecular flexibility index (Phi) is 16.1. The summed E-state index contributed by atoms with van der Waals surface area (Å²) in [4.78, 5) is 0. The third kappa shape index (κ3) is 52.3. The Morgan fingerprint density at radius 3 is 0.857 bits per heavy atom.